The van der Waals surface area contributed by atoms with Gasteiger partial charge in [-0.15, -0.1) is 0 Å². The van der Waals surface area contributed by atoms with Crippen LogP contribution in [-0.4, -0.2) is 20.0 Å². The molecule has 1 atom stereocenters. The van der Waals surface area contributed by atoms with Crippen LogP contribution in [0.4, 0.5) is 0 Å². The first-order chi connectivity index (χ1) is 9.69. The molecule has 1 unspecified atom stereocenters. The Balaban J connectivity index is 0.000000210. The molecule has 0 heterocycles. The van der Waals surface area contributed by atoms with Crippen molar-refractivity contribution >= 4 is 13.3 Å². The van der Waals surface area contributed by atoms with E-state index in [-0.39, 0.29) is 0 Å². The molecule has 0 saturated heterocycles. The fourth-order valence-corrected chi connectivity index (χ4v) is 4.44. The van der Waals surface area contributed by atoms with Crippen LogP contribution in [0.5, 0.6) is 0 Å². The van der Waals surface area contributed by atoms with E-state index in [1.165, 1.54) is 22.3 Å². The van der Waals surface area contributed by atoms with Crippen molar-refractivity contribution in [2.75, 3.05) is 20.0 Å². The molecule has 0 spiro atoms. The van der Waals surface area contributed by atoms with Gasteiger partial charge in [0.25, 0.3) is 0 Å². The third-order valence-corrected chi connectivity index (χ3v) is 5.08. The Morgan fingerprint density at radius 1 is 1.10 bits per heavy atom. The van der Waals surface area contributed by atoms with Crippen molar-refractivity contribution in [2.45, 2.75) is 25.0 Å². The molecule has 0 N–H and O–H groups in total. The van der Waals surface area contributed by atoms with E-state index in [1.807, 2.05) is 0 Å². The summed E-state index contributed by atoms with van der Waals surface area (Å²) in [5.41, 5.74) is 5.65. The van der Waals surface area contributed by atoms with Gasteiger partial charge in [-0.3, -0.25) is 0 Å². The average Bonchev–Trinajstić information content (AvgIpc) is 2.69. The quantitative estimate of drug-likeness (QED) is 0.364. The summed E-state index contributed by atoms with van der Waals surface area (Å²) in [4.78, 5) is 0. The van der Waals surface area contributed by atoms with Gasteiger partial charge in [0.05, 0.1) is 0 Å². The van der Waals surface area contributed by atoms with Gasteiger partial charge in [-0.2, -0.15) is 0 Å². The number of rotatable bonds is 2. The van der Waals surface area contributed by atoms with Crippen LogP contribution < -0.4 is 0 Å². The molecule has 1 aliphatic rings. The molecule has 21 heavy (non-hydrogen) atoms. The Morgan fingerprint density at radius 2 is 1.71 bits per heavy atom. The molecule has 0 amide bonds. The Bertz CT molecular complexity index is 555. The van der Waals surface area contributed by atoms with Crippen molar-refractivity contribution in [1.82, 2.24) is 0 Å². The average molecular weight is 335 g/mol. The van der Waals surface area contributed by atoms with Gasteiger partial charge in [0.2, 0.25) is 0 Å². The number of benzene rings is 1. The molecule has 0 aliphatic heterocycles. The third kappa shape index (κ3) is 7.41. The zero-order valence-electron chi connectivity index (χ0n) is 14.2. The summed E-state index contributed by atoms with van der Waals surface area (Å²) in [5.74, 6) is 2.43. The number of hydrogen-bond acceptors (Lipinski definition) is 0. The van der Waals surface area contributed by atoms with Crippen molar-refractivity contribution in [1.29, 1.82) is 0 Å². The molecule has 113 valence electrons. The van der Waals surface area contributed by atoms with Crippen LogP contribution in [0.2, 0.25) is 0 Å². The van der Waals surface area contributed by atoms with Crippen molar-refractivity contribution in [2.24, 2.45) is 0 Å². The minimum atomic E-state index is -0.994. The zero-order valence-corrected chi connectivity index (χ0v) is 16.8. The standard InChI is InChI=1S/C10H21P.C9H7.Ti/c1-9(2)7-10(3)8-11(4,5)6;1-2-5-9-7-3-6-8(9)4-1;/h7-8,11H,1-6H3;1-7H;. The summed E-state index contributed by atoms with van der Waals surface area (Å²) in [6, 6.07) is 8.54. The summed E-state index contributed by atoms with van der Waals surface area (Å²) in [5, 5.41) is 0. The Kier molecular flexibility index (Phi) is 7.35. The van der Waals surface area contributed by atoms with E-state index in [2.05, 4.69) is 110 Å². The zero-order chi connectivity index (χ0) is 16.0. The normalized spacial score (nSPS) is 17.6. The van der Waals surface area contributed by atoms with E-state index in [0.29, 0.717) is 4.22 Å². The first-order valence-corrected chi connectivity index (χ1v) is 12.0. The second kappa shape index (κ2) is 8.28. The molecule has 1 aromatic carbocycles. The van der Waals surface area contributed by atoms with Crippen molar-refractivity contribution < 1.29 is 20.4 Å². The third-order valence-electron chi connectivity index (χ3n) is 2.98. The van der Waals surface area contributed by atoms with Crippen LogP contribution in [0.25, 0.3) is 6.08 Å². The van der Waals surface area contributed by atoms with Gasteiger partial charge < -0.3 is 0 Å². The van der Waals surface area contributed by atoms with Crippen LogP contribution >= 0.6 is 7.26 Å². The predicted octanol–water partition coefficient (Wildman–Crippen LogP) is 5.80. The second-order valence-corrected chi connectivity index (χ2v) is 12.9. The molecule has 0 radical (unpaired) electrons. The first-order valence-electron chi connectivity index (χ1n) is 7.51. The van der Waals surface area contributed by atoms with E-state index in [4.69, 9.17) is 0 Å². The molecule has 0 saturated carbocycles. The fourth-order valence-electron chi connectivity index (χ4n) is 2.43. The molecule has 0 aromatic heterocycles. The minimum absolute atomic E-state index is 0.621. The Hall–Kier alpha value is -0.416. The van der Waals surface area contributed by atoms with Gasteiger partial charge in [-0.1, -0.05) is 0 Å². The molecule has 2 heteroatoms. The molecular weight excluding hydrogens is 307 g/mol. The van der Waals surface area contributed by atoms with E-state index < -0.39 is 7.26 Å². The van der Waals surface area contributed by atoms with Gasteiger partial charge in [-0.05, 0) is 0 Å². The summed E-state index contributed by atoms with van der Waals surface area (Å²) in [7, 11) is -0.994. The van der Waals surface area contributed by atoms with E-state index in [9.17, 15) is 0 Å². The van der Waals surface area contributed by atoms with Gasteiger partial charge >= 0.3 is 143 Å². The molecule has 0 fully saturated rings. The monoisotopic (exact) mass is 335 g/mol. The molecule has 2 rings (SSSR count). The number of fused-ring (bicyclic) bond motifs is 1. The van der Waals surface area contributed by atoms with Crippen molar-refractivity contribution in [3.05, 3.63) is 64.5 Å². The van der Waals surface area contributed by atoms with E-state index in [1.54, 1.807) is 0 Å². The first kappa shape index (κ1) is 18.6. The maximum absolute atomic E-state index is 2.43. The summed E-state index contributed by atoms with van der Waals surface area (Å²) < 4.78 is 0.621. The van der Waals surface area contributed by atoms with Crippen molar-refractivity contribution in [3.63, 3.8) is 0 Å². The SMILES string of the molecule is CC(C)=CC(C)=C[PH](C)(C)C.[Ti][CH]1C=Cc2ccccc21. The fraction of sp³-hybridized carbons (Fsp3) is 0.368. The molecule has 0 nitrogen and oxygen atoms in total. The summed E-state index contributed by atoms with van der Waals surface area (Å²) in [6.07, 6.45) is 6.68. The molecule has 1 aromatic rings. The number of hydrogen-bond donors (Lipinski definition) is 0. The molecule has 0 bridgehead atoms. The molecular formula is C19H28PTi. The Labute approximate surface area is 143 Å². The topological polar surface area (TPSA) is 0 Å². The van der Waals surface area contributed by atoms with Gasteiger partial charge in [-0.25, -0.2) is 0 Å². The summed E-state index contributed by atoms with van der Waals surface area (Å²) in [6.45, 7) is 13.5. The van der Waals surface area contributed by atoms with Crippen molar-refractivity contribution in [3.8, 4) is 0 Å². The van der Waals surface area contributed by atoms with Crippen LogP contribution in [-0.2, 0) is 20.4 Å². The predicted molar refractivity (Wildman–Crippen MR) is 97.5 cm³/mol. The van der Waals surface area contributed by atoms with E-state index >= 15 is 0 Å². The van der Waals surface area contributed by atoms with Crippen LogP contribution in [0.1, 0.15) is 36.1 Å². The molecule has 1 aliphatic carbocycles. The van der Waals surface area contributed by atoms with Gasteiger partial charge in [0.1, 0.15) is 0 Å². The second-order valence-electron chi connectivity index (χ2n) is 6.94. The van der Waals surface area contributed by atoms with Gasteiger partial charge in [0.15, 0.2) is 0 Å². The maximum atomic E-state index is 2.43. The summed E-state index contributed by atoms with van der Waals surface area (Å²) >= 11 is 2.22. The van der Waals surface area contributed by atoms with Crippen LogP contribution in [0.15, 0.2) is 53.4 Å². The van der Waals surface area contributed by atoms with E-state index in [0.717, 1.165) is 0 Å². The van der Waals surface area contributed by atoms with Crippen LogP contribution in [0, 0.1) is 0 Å². The van der Waals surface area contributed by atoms with Crippen LogP contribution in [0.3, 0.4) is 0 Å². The Morgan fingerprint density at radius 3 is 2.24 bits per heavy atom. The van der Waals surface area contributed by atoms with Gasteiger partial charge in [0, 0.05) is 0 Å². The number of allylic oxidation sites excluding steroid dienone is 4.